The van der Waals surface area contributed by atoms with Crippen LogP contribution in [0.4, 0.5) is 11.5 Å². The Labute approximate surface area is 179 Å². The number of anilines is 2. The monoisotopic (exact) mass is 450 g/mol. The molecule has 148 valence electrons. The van der Waals surface area contributed by atoms with E-state index in [1.165, 1.54) is 25.7 Å². The number of nitrogens with one attached hydrogen (secondary N) is 1. The van der Waals surface area contributed by atoms with Crippen molar-refractivity contribution in [2.24, 2.45) is 0 Å². The Kier molecular flexibility index (Phi) is 6.20. The van der Waals surface area contributed by atoms with E-state index in [2.05, 4.69) is 36.3 Å². The molecule has 1 aromatic heterocycles. The van der Waals surface area contributed by atoms with Crippen molar-refractivity contribution in [2.75, 3.05) is 23.3 Å². The second kappa shape index (κ2) is 9.18. The molecule has 6 heteroatoms. The van der Waals surface area contributed by atoms with E-state index in [1.807, 2.05) is 48.5 Å². The number of aromatic nitrogens is 2. The Morgan fingerprint density at radius 3 is 2.41 bits per heavy atom. The quantitative estimate of drug-likeness (QED) is 0.566. The van der Waals surface area contributed by atoms with Gasteiger partial charge in [0.15, 0.2) is 5.82 Å². The van der Waals surface area contributed by atoms with Crippen LogP contribution < -0.4 is 10.2 Å². The van der Waals surface area contributed by atoms with Gasteiger partial charge in [-0.3, -0.25) is 4.79 Å². The zero-order valence-corrected chi connectivity index (χ0v) is 17.7. The van der Waals surface area contributed by atoms with E-state index < -0.39 is 0 Å². The van der Waals surface area contributed by atoms with E-state index in [0.717, 1.165) is 40.3 Å². The maximum Gasteiger partial charge on any atom is 0.255 e. The summed E-state index contributed by atoms with van der Waals surface area (Å²) in [6, 6.07) is 19.1. The molecule has 1 saturated heterocycles. The molecule has 1 fully saturated rings. The molecule has 0 bridgehead atoms. The van der Waals surface area contributed by atoms with Gasteiger partial charge >= 0.3 is 0 Å². The number of hydrogen-bond donors (Lipinski definition) is 1. The van der Waals surface area contributed by atoms with Gasteiger partial charge in [-0.15, -0.1) is 10.2 Å². The molecule has 1 N–H and O–H groups in total. The minimum atomic E-state index is -0.147. The lowest BCUT2D eigenvalue weighted by atomic mass is 10.1. The van der Waals surface area contributed by atoms with Crippen molar-refractivity contribution in [3.05, 3.63) is 70.7 Å². The molecule has 3 aromatic rings. The summed E-state index contributed by atoms with van der Waals surface area (Å²) in [7, 11) is 0. The summed E-state index contributed by atoms with van der Waals surface area (Å²) in [6.45, 7) is 2.09. The highest BCUT2D eigenvalue weighted by Gasteiger charge is 2.12. The summed E-state index contributed by atoms with van der Waals surface area (Å²) in [5.41, 5.74) is 3.05. The van der Waals surface area contributed by atoms with Gasteiger partial charge in [0.2, 0.25) is 0 Å². The van der Waals surface area contributed by atoms with Gasteiger partial charge in [0.1, 0.15) is 0 Å². The lowest BCUT2D eigenvalue weighted by molar-refractivity contribution is 0.102. The summed E-state index contributed by atoms with van der Waals surface area (Å²) in [6.07, 6.45) is 5.01. The molecule has 1 amide bonds. The molecule has 0 unspecified atom stereocenters. The third-order valence-corrected chi connectivity index (χ3v) is 5.58. The Hall–Kier alpha value is -2.73. The first-order valence-corrected chi connectivity index (χ1v) is 10.7. The fourth-order valence-electron chi connectivity index (χ4n) is 3.54. The van der Waals surface area contributed by atoms with Crippen LogP contribution in [0.3, 0.4) is 0 Å². The maximum absolute atomic E-state index is 12.5. The normalized spacial score (nSPS) is 14.3. The van der Waals surface area contributed by atoms with Gasteiger partial charge in [-0.1, -0.05) is 47.0 Å². The van der Waals surface area contributed by atoms with Crippen molar-refractivity contribution >= 4 is 33.3 Å². The van der Waals surface area contributed by atoms with E-state index in [-0.39, 0.29) is 5.91 Å². The summed E-state index contributed by atoms with van der Waals surface area (Å²) >= 11 is 3.40. The van der Waals surface area contributed by atoms with Gasteiger partial charge in [0, 0.05) is 34.4 Å². The molecule has 4 rings (SSSR count). The van der Waals surface area contributed by atoms with Crippen molar-refractivity contribution < 1.29 is 4.79 Å². The summed E-state index contributed by atoms with van der Waals surface area (Å²) in [5, 5.41) is 11.8. The summed E-state index contributed by atoms with van der Waals surface area (Å²) in [5.74, 6) is 0.792. The lowest BCUT2D eigenvalue weighted by Crippen LogP contribution is -2.25. The standard InChI is InChI=1S/C23H23BrN4O/c24-19-9-5-8-18(15-19)23(29)25-20-10-6-7-17(16-20)21-11-12-22(27-26-21)28-13-3-1-2-4-14-28/h5-12,15-16H,1-4,13-14H2,(H,25,29). The Balaban J connectivity index is 1.48. The minimum Gasteiger partial charge on any atom is -0.355 e. The minimum absolute atomic E-state index is 0.147. The maximum atomic E-state index is 12.5. The predicted molar refractivity (Wildman–Crippen MR) is 120 cm³/mol. The summed E-state index contributed by atoms with van der Waals surface area (Å²) in [4.78, 5) is 14.8. The molecule has 0 atom stereocenters. The van der Waals surface area contributed by atoms with Crippen molar-refractivity contribution in [1.29, 1.82) is 0 Å². The Morgan fingerprint density at radius 2 is 1.69 bits per heavy atom. The molecule has 0 radical (unpaired) electrons. The van der Waals surface area contributed by atoms with Crippen LogP contribution in [-0.2, 0) is 0 Å². The number of carbonyl (C=O) groups is 1. The molecule has 2 aromatic carbocycles. The van der Waals surface area contributed by atoms with Gasteiger partial charge in [0.05, 0.1) is 5.69 Å². The third-order valence-electron chi connectivity index (χ3n) is 5.08. The largest absolute Gasteiger partial charge is 0.355 e. The summed E-state index contributed by atoms with van der Waals surface area (Å²) < 4.78 is 0.874. The van der Waals surface area contributed by atoms with Gasteiger partial charge in [-0.25, -0.2) is 0 Å². The number of rotatable bonds is 4. The number of halogens is 1. The first kappa shape index (κ1) is 19.6. The number of carbonyl (C=O) groups excluding carboxylic acids is 1. The van der Waals surface area contributed by atoms with E-state index in [4.69, 9.17) is 0 Å². The first-order chi connectivity index (χ1) is 14.2. The molecule has 0 aliphatic carbocycles. The molecule has 1 aliphatic rings. The van der Waals surface area contributed by atoms with Crippen molar-refractivity contribution in [2.45, 2.75) is 25.7 Å². The molecule has 2 heterocycles. The van der Waals surface area contributed by atoms with E-state index >= 15 is 0 Å². The van der Waals surface area contributed by atoms with Gasteiger partial charge in [0.25, 0.3) is 5.91 Å². The van der Waals surface area contributed by atoms with Crippen LogP contribution >= 0.6 is 15.9 Å². The third kappa shape index (κ3) is 5.01. The highest BCUT2D eigenvalue weighted by Crippen LogP contribution is 2.23. The lowest BCUT2D eigenvalue weighted by Gasteiger charge is -2.20. The number of amides is 1. The van der Waals surface area contributed by atoms with Gasteiger partial charge in [-0.2, -0.15) is 0 Å². The molecular weight excluding hydrogens is 428 g/mol. The fourth-order valence-corrected chi connectivity index (χ4v) is 3.94. The second-order valence-corrected chi connectivity index (χ2v) is 8.14. The number of benzene rings is 2. The predicted octanol–water partition coefficient (Wildman–Crippen LogP) is 5.54. The van der Waals surface area contributed by atoms with Crippen LogP contribution in [0.2, 0.25) is 0 Å². The highest BCUT2D eigenvalue weighted by atomic mass is 79.9. The topological polar surface area (TPSA) is 58.1 Å². The van der Waals surface area contributed by atoms with E-state index in [9.17, 15) is 4.79 Å². The highest BCUT2D eigenvalue weighted by molar-refractivity contribution is 9.10. The fraction of sp³-hybridized carbons (Fsp3) is 0.261. The Bertz CT molecular complexity index is 982. The van der Waals surface area contributed by atoms with Crippen LogP contribution in [-0.4, -0.2) is 29.2 Å². The molecule has 0 saturated carbocycles. The number of nitrogens with zero attached hydrogens (tertiary/aromatic N) is 3. The van der Waals surface area contributed by atoms with Gasteiger partial charge in [-0.05, 0) is 55.3 Å². The van der Waals surface area contributed by atoms with E-state index in [1.54, 1.807) is 12.1 Å². The molecule has 1 aliphatic heterocycles. The number of hydrogen-bond acceptors (Lipinski definition) is 4. The van der Waals surface area contributed by atoms with Crippen LogP contribution in [0.5, 0.6) is 0 Å². The zero-order chi connectivity index (χ0) is 20.1. The zero-order valence-electron chi connectivity index (χ0n) is 16.1. The van der Waals surface area contributed by atoms with Crippen molar-refractivity contribution in [3.63, 3.8) is 0 Å². The second-order valence-electron chi connectivity index (χ2n) is 7.22. The van der Waals surface area contributed by atoms with Crippen molar-refractivity contribution in [1.82, 2.24) is 10.2 Å². The van der Waals surface area contributed by atoms with Gasteiger partial charge < -0.3 is 10.2 Å². The SMILES string of the molecule is O=C(Nc1cccc(-c2ccc(N3CCCCCC3)nn2)c1)c1cccc(Br)c1. The first-order valence-electron chi connectivity index (χ1n) is 9.95. The molecular formula is C23H23BrN4O. The van der Waals surface area contributed by atoms with Crippen LogP contribution in [0.15, 0.2) is 65.1 Å². The average Bonchev–Trinajstić information content (AvgIpc) is 3.04. The van der Waals surface area contributed by atoms with Crippen LogP contribution in [0.1, 0.15) is 36.0 Å². The van der Waals surface area contributed by atoms with E-state index in [0.29, 0.717) is 5.56 Å². The smallest absolute Gasteiger partial charge is 0.255 e. The molecule has 0 spiro atoms. The van der Waals surface area contributed by atoms with Crippen LogP contribution in [0.25, 0.3) is 11.3 Å². The van der Waals surface area contributed by atoms with Crippen LogP contribution in [0, 0.1) is 0 Å². The van der Waals surface area contributed by atoms with Crippen molar-refractivity contribution in [3.8, 4) is 11.3 Å². The Morgan fingerprint density at radius 1 is 0.897 bits per heavy atom. The average molecular weight is 451 g/mol. The molecule has 5 nitrogen and oxygen atoms in total. The molecule has 29 heavy (non-hydrogen) atoms.